The molecule has 0 atom stereocenters. The average Bonchev–Trinajstić information content (AvgIpc) is 2.63. The Bertz CT molecular complexity index is 957. The second-order valence-corrected chi connectivity index (χ2v) is 6.58. The van der Waals surface area contributed by atoms with Crippen LogP contribution in [0.15, 0.2) is 42.1 Å². The number of hydrogen-bond acceptors (Lipinski definition) is 4. The summed E-state index contributed by atoms with van der Waals surface area (Å²) in [6.07, 6.45) is 1.06. The molecule has 0 unspecified atom stereocenters. The zero-order chi connectivity index (χ0) is 21.0. The van der Waals surface area contributed by atoms with Gasteiger partial charge < -0.3 is 14.7 Å². The van der Waals surface area contributed by atoms with Crippen molar-refractivity contribution in [3.63, 3.8) is 0 Å². The molecule has 0 radical (unpaired) electrons. The topological polar surface area (TPSA) is 66.8 Å². The highest BCUT2D eigenvalue weighted by molar-refractivity contribution is 6.30. The van der Waals surface area contributed by atoms with Gasteiger partial charge in [0.25, 0.3) is 0 Å². The molecule has 0 aliphatic rings. The summed E-state index contributed by atoms with van der Waals surface area (Å²) in [5, 5.41) is 9.22. The molecule has 5 nitrogen and oxygen atoms in total. The maximum atomic E-state index is 14.5. The van der Waals surface area contributed by atoms with Crippen LogP contribution in [0.3, 0.4) is 0 Å². The summed E-state index contributed by atoms with van der Waals surface area (Å²) in [4.78, 5) is 25.4. The molecule has 0 bridgehead atoms. The molecular formula is C20H18ClF2NO4. The number of ether oxygens (including phenoxy) is 1. The van der Waals surface area contributed by atoms with Gasteiger partial charge in [-0.2, -0.15) is 0 Å². The number of nitrogens with zero attached hydrogens (tertiary/aromatic N) is 1. The number of methoxy groups -OCH3 is 1. The minimum atomic E-state index is -1.49. The molecule has 0 heterocycles. The van der Waals surface area contributed by atoms with Crippen LogP contribution in [0.5, 0.6) is 5.75 Å². The van der Waals surface area contributed by atoms with Crippen molar-refractivity contribution < 1.29 is 28.2 Å². The van der Waals surface area contributed by atoms with Gasteiger partial charge in [0, 0.05) is 32.8 Å². The molecule has 0 saturated carbocycles. The fourth-order valence-corrected chi connectivity index (χ4v) is 2.80. The molecular weight excluding hydrogens is 392 g/mol. The molecule has 0 aromatic heterocycles. The lowest BCUT2D eigenvalue weighted by Crippen LogP contribution is -2.18. The maximum absolute atomic E-state index is 14.5. The van der Waals surface area contributed by atoms with Crippen LogP contribution in [0.2, 0.25) is 5.02 Å². The first kappa shape index (κ1) is 21.4. The summed E-state index contributed by atoms with van der Waals surface area (Å²) < 4.78 is 33.8. The van der Waals surface area contributed by atoms with Gasteiger partial charge in [-0.15, -0.1) is 0 Å². The van der Waals surface area contributed by atoms with Gasteiger partial charge in [0.15, 0.2) is 0 Å². The molecule has 1 N–H and O–H groups in total. The third kappa shape index (κ3) is 4.67. The van der Waals surface area contributed by atoms with E-state index >= 15 is 0 Å². The first-order chi connectivity index (χ1) is 13.1. The van der Waals surface area contributed by atoms with Crippen LogP contribution in [0.25, 0.3) is 0 Å². The number of halogens is 3. The standard InChI is InChI=1S/C20H18ClF2NO4/c1-24(2)10-14(20(26)27)19(25)13-8-12(17(28-3)9-16(13)22)7-11-5-4-6-15(21)18(11)23/h4-6,8-10H,7H2,1-3H3,(H,26,27). The molecule has 0 amide bonds. The summed E-state index contributed by atoms with van der Waals surface area (Å²) in [5.41, 5.74) is -0.524. The Balaban J connectivity index is 2.56. The van der Waals surface area contributed by atoms with Crippen LogP contribution in [-0.2, 0) is 11.2 Å². The van der Waals surface area contributed by atoms with Gasteiger partial charge in [0.05, 0.1) is 17.7 Å². The van der Waals surface area contributed by atoms with Crippen molar-refractivity contribution in [2.24, 2.45) is 0 Å². The second kappa shape index (κ2) is 8.84. The van der Waals surface area contributed by atoms with E-state index in [0.29, 0.717) is 5.56 Å². The van der Waals surface area contributed by atoms with E-state index in [2.05, 4.69) is 0 Å². The predicted molar refractivity (Wildman–Crippen MR) is 101 cm³/mol. The Morgan fingerprint density at radius 2 is 1.89 bits per heavy atom. The van der Waals surface area contributed by atoms with Crippen molar-refractivity contribution >= 4 is 23.4 Å². The molecule has 2 rings (SSSR count). The number of carboxylic acids is 1. The first-order valence-corrected chi connectivity index (χ1v) is 8.49. The van der Waals surface area contributed by atoms with E-state index in [9.17, 15) is 23.5 Å². The fourth-order valence-electron chi connectivity index (χ4n) is 2.61. The van der Waals surface area contributed by atoms with Gasteiger partial charge in [-0.25, -0.2) is 13.6 Å². The first-order valence-electron chi connectivity index (χ1n) is 8.11. The Morgan fingerprint density at radius 3 is 2.46 bits per heavy atom. The number of ketones is 1. The molecule has 0 saturated heterocycles. The van der Waals surface area contributed by atoms with Crippen LogP contribution in [0.4, 0.5) is 8.78 Å². The number of Topliss-reactive ketones (excluding diaryl/α,β-unsaturated/α-hetero) is 1. The highest BCUT2D eigenvalue weighted by atomic mass is 35.5. The number of carbonyl (C=O) groups is 2. The van der Waals surface area contributed by atoms with Gasteiger partial charge in [-0.05, 0) is 23.3 Å². The van der Waals surface area contributed by atoms with Crippen LogP contribution in [-0.4, -0.2) is 43.0 Å². The van der Waals surface area contributed by atoms with E-state index in [1.807, 2.05) is 0 Å². The molecule has 0 aliphatic heterocycles. The van der Waals surface area contributed by atoms with E-state index in [-0.39, 0.29) is 22.8 Å². The summed E-state index contributed by atoms with van der Waals surface area (Å²) in [7, 11) is 4.38. The van der Waals surface area contributed by atoms with Crippen molar-refractivity contribution in [3.05, 3.63) is 75.5 Å². The molecule has 8 heteroatoms. The quantitative estimate of drug-likeness (QED) is 0.325. The number of benzene rings is 2. The fraction of sp³-hybridized carbons (Fsp3) is 0.200. The number of carbonyl (C=O) groups excluding carboxylic acids is 1. The second-order valence-electron chi connectivity index (χ2n) is 6.17. The Labute approximate surface area is 165 Å². The minimum absolute atomic E-state index is 0.0318. The lowest BCUT2D eigenvalue weighted by atomic mass is 9.96. The van der Waals surface area contributed by atoms with Crippen LogP contribution < -0.4 is 4.74 Å². The van der Waals surface area contributed by atoms with Gasteiger partial charge >= 0.3 is 5.97 Å². The smallest absolute Gasteiger partial charge is 0.341 e. The van der Waals surface area contributed by atoms with Crippen molar-refractivity contribution in [1.29, 1.82) is 0 Å². The zero-order valence-corrected chi connectivity index (χ0v) is 16.2. The summed E-state index contributed by atoms with van der Waals surface area (Å²) in [6.45, 7) is 0. The normalized spacial score (nSPS) is 11.3. The Kier molecular flexibility index (Phi) is 6.75. The molecule has 2 aromatic rings. The zero-order valence-electron chi connectivity index (χ0n) is 15.4. The Morgan fingerprint density at radius 1 is 1.21 bits per heavy atom. The largest absolute Gasteiger partial charge is 0.496 e. The molecule has 28 heavy (non-hydrogen) atoms. The van der Waals surface area contributed by atoms with E-state index in [0.717, 1.165) is 12.3 Å². The maximum Gasteiger partial charge on any atom is 0.341 e. The number of carboxylic acid groups (broad SMARTS) is 1. The predicted octanol–water partition coefficient (Wildman–Crippen LogP) is 3.93. The van der Waals surface area contributed by atoms with Crippen molar-refractivity contribution in [3.8, 4) is 5.75 Å². The van der Waals surface area contributed by atoms with Gasteiger partial charge in [0.2, 0.25) is 5.78 Å². The number of rotatable bonds is 7. The van der Waals surface area contributed by atoms with Crippen molar-refractivity contribution in [2.75, 3.05) is 21.2 Å². The van der Waals surface area contributed by atoms with Crippen molar-refractivity contribution in [1.82, 2.24) is 4.90 Å². The van der Waals surface area contributed by atoms with Gasteiger partial charge in [-0.1, -0.05) is 23.7 Å². The van der Waals surface area contributed by atoms with Crippen LogP contribution in [0.1, 0.15) is 21.5 Å². The number of aliphatic carboxylic acids is 1. The molecule has 148 valence electrons. The molecule has 0 spiro atoms. The van der Waals surface area contributed by atoms with Gasteiger partial charge in [-0.3, -0.25) is 4.79 Å². The van der Waals surface area contributed by atoms with E-state index in [1.165, 1.54) is 44.3 Å². The summed E-state index contributed by atoms with van der Waals surface area (Å²) in [6, 6.07) is 6.59. The van der Waals surface area contributed by atoms with Crippen molar-refractivity contribution in [2.45, 2.75) is 6.42 Å². The third-order valence-electron chi connectivity index (χ3n) is 3.89. The molecule has 2 aromatic carbocycles. The monoisotopic (exact) mass is 409 g/mol. The lowest BCUT2D eigenvalue weighted by Gasteiger charge is -2.13. The molecule has 0 aliphatic carbocycles. The van der Waals surface area contributed by atoms with Gasteiger partial charge in [0.1, 0.15) is 23.0 Å². The number of hydrogen-bond donors (Lipinski definition) is 1. The van der Waals surface area contributed by atoms with E-state index in [1.54, 1.807) is 6.07 Å². The van der Waals surface area contributed by atoms with E-state index in [4.69, 9.17) is 16.3 Å². The minimum Gasteiger partial charge on any atom is -0.496 e. The third-order valence-corrected chi connectivity index (χ3v) is 4.18. The van der Waals surface area contributed by atoms with E-state index < -0.39 is 34.5 Å². The molecule has 0 fully saturated rings. The highest BCUT2D eigenvalue weighted by Gasteiger charge is 2.25. The highest BCUT2D eigenvalue weighted by Crippen LogP contribution is 2.29. The van der Waals surface area contributed by atoms with Crippen LogP contribution in [0, 0.1) is 11.6 Å². The summed E-state index contributed by atoms with van der Waals surface area (Å²) >= 11 is 5.79. The van der Waals surface area contributed by atoms with Crippen LogP contribution >= 0.6 is 11.6 Å². The SMILES string of the molecule is COc1cc(F)c(C(=O)C(=CN(C)C)C(=O)O)cc1Cc1cccc(Cl)c1F. The summed E-state index contributed by atoms with van der Waals surface area (Å²) in [5.74, 6) is -3.97. The average molecular weight is 410 g/mol. The lowest BCUT2D eigenvalue weighted by molar-refractivity contribution is -0.132. The Hall–Kier alpha value is -2.93.